The van der Waals surface area contributed by atoms with E-state index < -0.39 is 0 Å². The van der Waals surface area contributed by atoms with Crippen LogP contribution >= 0.6 is 11.6 Å². The van der Waals surface area contributed by atoms with Gasteiger partial charge in [0.15, 0.2) is 0 Å². The van der Waals surface area contributed by atoms with Gasteiger partial charge in [-0.15, -0.1) is 0 Å². The lowest BCUT2D eigenvalue weighted by Gasteiger charge is -2.32. The van der Waals surface area contributed by atoms with Crippen molar-refractivity contribution in [1.29, 1.82) is 0 Å². The van der Waals surface area contributed by atoms with Crippen LogP contribution in [-0.2, 0) is 0 Å². The second-order valence-corrected chi connectivity index (χ2v) is 5.93. The number of piperazine rings is 1. The number of nitrogens with zero attached hydrogens (tertiary/aromatic N) is 4. The highest BCUT2D eigenvalue weighted by atomic mass is 35.5. The monoisotopic (exact) mass is 331 g/mol. The van der Waals surface area contributed by atoms with E-state index >= 15 is 0 Å². The highest BCUT2D eigenvalue weighted by molar-refractivity contribution is 6.30. The zero-order valence-electron chi connectivity index (χ0n) is 12.9. The third-order valence-corrected chi connectivity index (χ3v) is 3.98. The molecule has 6 nitrogen and oxygen atoms in total. The minimum Gasteiger partial charge on any atom is -0.338 e. The van der Waals surface area contributed by atoms with E-state index in [1.165, 1.54) is 0 Å². The van der Waals surface area contributed by atoms with Gasteiger partial charge in [-0.1, -0.05) is 17.7 Å². The Labute approximate surface area is 140 Å². The number of carbonyl (C=O) groups excluding carboxylic acids is 1. The molecular formula is C16H18ClN5O. The Morgan fingerprint density at radius 1 is 1.22 bits per heavy atom. The number of hydrogen-bond donors (Lipinski definition) is 1. The molecule has 3 rings (SSSR count). The maximum absolute atomic E-state index is 12.3. The van der Waals surface area contributed by atoms with Crippen molar-refractivity contribution in [2.45, 2.75) is 0 Å². The van der Waals surface area contributed by atoms with Crippen molar-refractivity contribution in [3.63, 3.8) is 0 Å². The fourth-order valence-electron chi connectivity index (χ4n) is 2.40. The van der Waals surface area contributed by atoms with Crippen LogP contribution in [0.3, 0.4) is 0 Å². The van der Waals surface area contributed by atoms with Gasteiger partial charge in [-0.25, -0.2) is 9.97 Å². The Bertz CT molecular complexity index is 700. The summed E-state index contributed by atoms with van der Waals surface area (Å²) in [5.74, 6) is 0.321. The third-order valence-electron chi connectivity index (χ3n) is 3.74. The minimum absolute atomic E-state index is 0.273. The van der Waals surface area contributed by atoms with E-state index in [0.717, 1.165) is 26.2 Å². The van der Waals surface area contributed by atoms with Gasteiger partial charge in [0, 0.05) is 43.1 Å². The molecule has 0 unspecified atom stereocenters. The number of benzene rings is 1. The molecule has 23 heavy (non-hydrogen) atoms. The van der Waals surface area contributed by atoms with Gasteiger partial charge < -0.3 is 15.1 Å². The highest BCUT2D eigenvalue weighted by Crippen LogP contribution is 2.16. The van der Waals surface area contributed by atoms with Gasteiger partial charge in [0.2, 0.25) is 5.95 Å². The first-order chi connectivity index (χ1) is 11.1. The standard InChI is InChI=1S/C16H18ClN5O/c1-21-7-9-22(10-8-21)16-18-6-5-14(20-16)15(23)19-13-4-2-3-12(17)11-13/h2-6,11H,7-10H2,1H3,(H,19,23). The van der Waals surface area contributed by atoms with Crippen molar-refractivity contribution in [1.82, 2.24) is 14.9 Å². The molecule has 2 aromatic rings. The van der Waals surface area contributed by atoms with E-state index in [1.54, 1.807) is 36.5 Å². The van der Waals surface area contributed by atoms with Crippen LogP contribution in [0.2, 0.25) is 5.02 Å². The maximum atomic E-state index is 12.3. The smallest absolute Gasteiger partial charge is 0.274 e. The molecule has 0 spiro atoms. The molecule has 0 bridgehead atoms. The zero-order valence-corrected chi connectivity index (χ0v) is 13.6. The summed E-state index contributed by atoms with van der Waals surface area (Å²) in [6, 6.07) is 8.63. The summed E-state index contributed by atoms with van der Waals surface area (Å²) in [6.07, 6.45) is 1.62. The summed E-state index contributed by atoms with van der Waals surface area (Å²) < 4.78 is 0. The van der Waals surface area contributed by atoms with Gasteiger partial charge in [-0.05, 0) is 31.3 Å². The molecule has 0 atom stereocenters. The van der Waals surface area contributed by atoms with Crippen LogP contribution in [0.4, 0.5) is 11.6 Å². The predicted molar refractivity (Wildman–Crippen MR) is 91.1 cm³/mol. The lowest BCUT2D eigenvalue weighted by atomic mass is 10.3. The molecule has 0 radical (unpaired) electrons. The number of halogens is 1. The number of aromatic nitrogens is 2. The normalized spacial score (nSPS) is 15.5. The van der Waals surface area contributed by atoms with Crippen molar-refractivity contribution in [2.24, 2.45) is 0 Å². The highest BCUT2D eigenvalue weighted by Gasteiger charge is 2.18. The van der Waals surface area contributed by atoms with Crippen LogP contribution in [0.1, 0.15) is 10.5 Å². The fraction of sp³-hybridized carbons (Fsp3) is 0.312. The summed E-state index contributed by atoms with van der Waals surface area (Å²) in [5.41, 5.74) is 0.983. The third kappa shape index (κ3) is 3.97. The van der Waals surface area contributed by atoms with Crippen LogP contribution in [0, 0.1) is 0 Å². The molecule has 1 N–H and O–H groups in total. The number of rotatable bonds is 3. The largest absolute Gasteiger partial charge is 0.338 e. The van der Waals surface area contributed by atoms with Crippen molar-refractivity contribution in [3.8, 4) is 0 Å². The Morgan fingerprint density at radius 2 is 2.00 bits per heavy atom. The maximum Gasteiger partial charge on any atom is 0.274 e. The first kappa shape index (κ1) is 15.7. The molecule has 2 heterocycles. The molecule has 0 saturated carbocycles. The first-order valence-corrected chi connectivity index (χ1v) is 7.83. The number of anilines is 2. The van der Waals surface area contributed by atoms with Crippen molar-refractivity contribution >= 4 is 29.1 Å². The average Bonchev–Trinajstić information content (AvgIpc) is 2.56. The molecule has 1 fully saturated rings. The van der Waals surface area contributed by atoms with Gasteiger partial charge in [-0.3, -0.25) is 4.79 Å². The molecule has 7 heteroatoms. The molecule has 1 aliphatic rings. The topological polar surface area (TPSA) is 61.4 Å². The molecule has 1 aliphatic heterocycles. The van der Waals surface area contributed by atoms with E-state index in [9.17, 15) is 4.79 Å². The van der Waals surface area contributed by atoms with E-state index in [4.69, 9.17) is 11.6 Å². The molecule has 0 aliphatic carbocycles. The fourth-order valence-corrected chi connectivity index (χ4v) is 2.59. The minimum atomic E-state index is -0.273. The molecular weight excluding hydrogens is 314 g/mol. The first-order valence-electron chi connectivity index (χ1n) is 7.45. The van der Waals surface area contributed by atoms with Gasteiger partial charge in [0.1, 0.15) is 5.69 Å². The average molecular weight is 332 g/mol. The Balaban J connectivity index is 1.72. The molecule has 1 saturated heterocycles. The van der Waals surface area contributed by atoms with Crippen molar-refractivity contribution in [3.05, 3.63) is 47.2 Å². The second kappa shape index (κ2) is 6.93. The van der Waals surface area contributed by atoms with Crippen molar-refractivity contribution < 1.29 is 4.79 Å². The van der Waals surface area contributed by atoms with Crippen LogP contribution in [0.25, 0.3) is 0 Å². The Hall–Kier alpha value is -2.18. The molecule has 120 valence electrons. The number of likely N-dealkylation sites (N-methyl/N-ethyl adjacent to an activating group) is 1. The zero-order chi connectivity index (χ0) is 16.2. The number of amides is 1. The molecule has 1 aromatic carbocycles. The summed E-state index contributed by atoms with van der Waals surface area (Å²) >= 11 is 5.93. The van der Waals surface area contributed by atoms with E-state index in [2.05, 4.69) is 32.1 Å². The van der Waals surface area contributed by atoms with Gasteiger partial charge in [0.25, 0.3) is 5.91 Å². The number of nitrogens with one attached hydrogen (secondary N) is 1. The summed E-state index contributed by atoms with van der Waals surface area (Å²) in [4.78, 5) is 25.4. The van der Waals surface area contributed by atoms with E-state index in [0.29, 0.717) is 22.4 Å². The van der Waals surface area contributed by atoms with Gasteiger partial charge in [0.05, 0.1) is 0 Å². The van der Waals surface area contributed by atoms with Gasteiger partial charge >= 0.3 is 0 Å². The van der Waals surface area contributed by atoms with Crippen LogP contribution in [-0.4, -0.2) is 54.0 Å². The Kier molecular flexibility index (Phi) is 4.73. The van der Waals surface area contributed by atoms with Crippen LogP contribution in [0.15, 0.2) is 36.5 Å². The van der Waals surface area contributed by atoms with E-state index in [1.807, 2.05) is 0 Å². The summed E-state index contributed by atoms with van der Waals surface area (Å²) in [7, 11) is 2.09. The lowest BCUT2D eigenvalue weighted by Crippen LogP contribution is -2.45. The lowest BCUT2D eigenvalue weighted by molar-refractivity contribution is 0.102. The van der Waals surface area contributed by atoms with Gasteiger partial charge in [-0.2, -0.15) is 0 Å². The van der Waals surface area contributed by atoms with Crippen molar-refractivity contribution in [2.75, 3.05) is 43.4 Å². The summed E-state index contributed by atoms with van der Waals surface area (Å²) in [6.45, 7) is 3.64. The summed E-state index contributed by atoms with van der Waals surface area (Å²) in [5, 5.41) is 3.37. The SMILES string of the molecule is CN1CCN(c2nccc(C(=O)Nc3cccc(Cl)c3)n2)CC1. The molecule has 1 amide bonds. The number of carbonyl (C=O) groups is 1. The van der Waals surface area contributed by atoms with Crippen LogP contribution < -0.4 is 10.2 Å². The predicted octanol–water partition coefficient (Wildman–Crippen LogP) is 2.13. The second-order valence-electron chi connectivity index (χ2n) is 5.50. The van der Waals surface area contributed by atoms with E-state index in [-0.39, 0.29) is 5.91 Å². The quantitative estimate of drug-likeness (QED) is 0.933. The molecule has 1 aromatic heterocycles. The van der Waals surface area contributed by atoms with Crippen LogP contribution in [0.5, 0.6) is 0 Å². The Morgan fingerprint density at radius 3 is 2.74 bits per heavy atom. The number of hydrogen-bond acceptors (Lipinski definition) is 5.